The first-order valence-corrected chi connectivity index (χ1v) is 11.8. The Morgan fingerprint density at radius 1 is 1.11 bits per heavy atom. The van der Waals surface area contributed by atoms with Crippen molar-refractivity contribution in [2.75, 3.05) is 11.9 Å². The highest BCUT2D eigenvalue weighted by Crippen LogP contribution is 2.36. The number of amides is 1. The number of hydrogen-bond donors (Lipinski definition) is 1. The predicted octanol–water partition coefficient (Wildman–Crippen LogP) is 7.38. The second-order valence-corrected chi connectivity index (χ2v) is 8.43. The highest BCUT2D eigenvalue weighted by molar-refractivity contribution is 6.35. The van der Waals surface area contributed by atoms with Crippen molar-refractivity contribution < 1.29 is 18.7 Å². The van der Waals surface area contributed by atoms with Gasteiger partial charge in [0.05, 0.1) is 6.61 Å². The van der Waals surface area contributed by atoms with Crippen molar-refractivity contribution in [2.45, 2.75) is 20.0 Å². The van der Waals surface area contributed by atoms with Crippen LogP contribution in [0.15, 0.2) is 72.8 Å². The molecule has 1 amide bonds. The highest BCUT2D eigenvalue weighted by atomic mass is 35.5. The molecule has 3 aromatic carbocycles. The Bertz CT molecular complexity index is 1330. The van der Waals surface area contributed by atoms with E-state index in [1.165, 1.54) is 30.3 Å². The lowest BCUT2D eigenvalue weighted by molar-refractivity contribution is -0.112. The van der Waals surface area contributed by atoms with Crippen molar-refractivity contribution in [3.63, 3.8) is 0 Å². The number of benzene rings is 3. The van der Waals surface area contributed by atoms with Gasteiger partial charge in [-0.15, -0.1) is 6.58 Å². The average Bonchev–Trinajstić information content (AvgIpc) is 2.84. The molecule has 0 bridgehead atoms. The Kier molecular flexibility index (Phi) is 9.52. The van der Waals surface area contributed by atoms with Crippen LogP contribution in [0.5, 0.6) is 11.5 Å². The van der Waals surface area contributed by atoms with Gasteiger partial charge in [-0.2, -0.15) is 5.26 Å². The van der Waals surface area contributed by atoms with Crippen LogP contribution in [0.1, 0.15) is 23.6 Å². The first-order valence-electron chi connectivity index (χ1n) is 11.0. The van der Waals surface area contributed by atoms with Gasteiger partial charge in [-0.3, -0.25) is 4.79 Å². The fourth-order valence-corrected chi connectivity index (χ4v) is 3.80. The minimum absolute atomic E-state index is 0.132. The van der Waals surface area contributed by atoms with E-state index in [2.05, 4.69) is 11.9 Å². The molecular weight excluding hydrogens is 502 g/mol. The number of nitriles is 1. The summed E-state index contributed by atoms with van der Waals surface area (Å²) < 4.78 is 25.1. The molecule has 3 rings (SSSR count). The van der Waals surface area contributed by atoms with E-state index in [-0.39, 0.29) is 12.2 Å². The molecule has 0 saturated heterocycles. The lowest BCUT2D eigenvalue weighted by Crippen LogP contribution is -2.13. The first-order chi connectivity index (χ1) is 17.3. The minimum Gasteiger partial charge on any atom is -0.490 e. The molecule has 8 heteroatoms. The summed E-state index contributed by atoms with van der Waals surface area (Å²) >= 11 is 12.3. The van der Waals surface area contributed by atoms with Crippen molar-refractivity contribution in [3.8, 4) is 17.6 Å². The molecule has 0 saturated carbocycles. The molecule has 5 nitrogen and oxygen atoms in total. The Morgan fingerprint density at radius 3 is 2.50 bits per heavy atom. The summed E-state index contributed by atoms with van der Waals surface area (Å²) in [5.74, 6) is -0.0912. The van der Waals surface area contributed by atoms with Crippen LogP contribution in [0.4, 0.5) is 10.1 Å². The van der Waals surface area contributed by atoms with Gasteiger partial charge in [-0.05, 0) is 73.5 Å². The fourth-order valence-electron chi connectivity index (χ4n) is 3.34. The van der Waals surface area contributed by atoms with Crippen molar-refractivity contribution in [2.24, 2.45) is 0 Å². The Balaban J connectivity index is 1.93. The molecule has 0 radical (unpaired) electrons. The van der Waals surface area contributed by atoms with Crippen LogP contribution in [-0.4, -0.2) is 12.5 Å². The van der Waals surface area contributed by atoms with E-state index in [1.54, 1.807) is 36.4 Å². The number of hydrogen-bond acceptors (Lipinski definition) is 4. The molecule has 36 heavy (non-hydrogen) atoms. The van der Waals surface area contributed by atoms with E-state index in [0.29, 0.717) is 45.8 Å². The number of rotatable bonds is 10. The maximum Gasteiger partial charge on any atom is 0.266 e. The number of halogens is 3. The van der Waals surface area contributed by atoms with Crippen molar-refractivity contribution >= 4 is 40.9 Å². The number of nitrogens with one attached hydrogen (secondary N) is 1. The number of allylic oxidation sites excluding steroid dienone is 1. The molecule has 0 aliphatic heterocycles. The number of carbonyl (C=O) groups is 1. The fraction of sp³-hybridized carbons (Fsp3) is 0.143. The van der Waals surface area contributed by atoms with Gasteiger partial charge in [0.25, 0.3) is 5.91 Å². The van der Waals surface area contributed by atoms with E-state index < -0.39 is 11.7 Å². The SMILES string of the molecule is C=CCc1cc(/C=C(\C#N)C(=O)Nc2ccc(F)cc2)cc(OCC)c1OCc1ccc(Cl)cc1Cl. The number of ether oxygens (including phenoxy) is 2. The quantitative estimate of drug-likeness (QED) is 0.170. The van der Waals surface area contributed by atoms with Gasteiger partial charge in [0.2, 0.25) is 0 Å². The monoisotopic (exact) mass is 524 g/mol. The summed E-state index contributed by atoms with van der Waals surface area (Å²) in [7, 11) is 0. The second-order valence-electron chi connectivity index (χ2n) is 7.59. The Hall–Kier alpha value is -3.79. The van der Waals surface area contributed by atoms with Gasteiger partial charge >= 0.3 is 0 Å². The molecule has 0 heterocycles. The standard InChI is InChI=1S/C28H23Cl2FN2O3/c1-3-5-19-12-18(13-21(16-32)28(34)33-24-10-8-23(31)9-11-24)14-26(35-4-2)27(19)36-17-20-6-7-22(29)15-25(20)30/h3,6-15H,1,4-5,17H2,2H3,(H,33,34)/b21-13+. The van der Waals surface area contributed by atoms with Crippen LogP contribution >= 0.6 is 23.2 Å². The number of nitrogens with zero attached hydrogens (tertiary/aromatic N) is 1. The topological polar surface area (TPSA) is 71.4 Å². The lowest BCUT2D eigenvalue weighted by atomic mass is 10.0. The Labute approximate surface area is 219 Å². The summed E-state index contributed by atoms with van der Waals surface area (Å²) in [4.78, 5) is 12.6. The van der Waals surface area contributed by atoms with Crippen LogP contribution in [0.25, 0.3) is 6.08 Å². The average molecular weight is 525 g/mol. The summed E-state index contributed by atoms with van der Waals surface area (Å²) in [5.41, 5.74) is 2.31. The van der Waals surface area contributed by atoms with E-state index in [0.717, 1.165) is 11.1 Å². The lowest BCUT2D eigenvalue weighted by Gasteiger charge is -2.17. The molecule has 0 atom stereocenters. The zero-order valence-electron chi connectivity index (χ0n) is 19.5. The van der Waals surface area contributed by atoms with Crippen LogP contribution in [0.3, 0.4) is 0 Å². The molecule has 3 aromatic rings. The van der Waals surface area contributed by atoms with Gasteiger partial charge < -0.3 is 14.8 Å². The maximum absolute atomic E-state index is 13.1. The molecule has 0 fully saturated rings. The Morgan fingerprint density at radius 2 is 1.86 bits per heavy atom. The van der Waals surface area contributed by atoms with Gasteiger partial charge in [0.15, 0.2) is 11.5 Å². The highest BCUT2D eigenvalue weighted by Gasteiger charge is 2.16. The molecular formula is C28H23Cl2FN2O3. The van der Waals surface area contributed by atoms with Gasteiger partial charge in [0, 0.05) is 26.9 Å². The van der Waals surface area contributed by atoms with E-state index in [9.17, 15) is 14.4 Å². The van der Waals surface area contributed by atoms with Crippen molar-refractivity contribution in [3.05, 3.63) is 105 Å². The zero-order chi connectivity index (χ0) is 26.1. The van der Waals surface area contributed by atoms with Crippen LogP contribution < -0.4 is 14.8 Å². The molecule has 0 aliphatic carbocycles. The van der Waals surface area contributed by atoms with Crippen LogP contribution in [-0.2, 0) is 17.8 Å². The number of carbonyl (C=O) groups excluding carboxylic acids is 1. The third-order valence-corrected chi connectivity index (χ3v) is 5.57. The predicted molar refractivity (Wildman–Crippen MR) is 141 cm³/mol. The summed E-state index contributed by atoms with van der Waals surface area (Å²) in [6.45, 7) is 6.20. The molecule has 0 aliphatic rings. The van der Waals surface area contributed by atoms with Gasteiger partial charge in [-0.1, -0.05) is 35.3 Å². The molecule has 0 spiro atoms. The molecule has 0 aromatic heterocycles. The van der Waals surface area contributed by atoms with Crippen LogP contribution in [0.2, 0.25) is 10.0 Å². The molecule has 1 N–H and O–H groups in total. The van der Waals surface area contributed by atoms with Crippen molar-refractivity contribution in [1.82, 2.24) is 0 Å². The molecule has 184 valence electrons. The molecule has 0 unspecified atom stereocenters. The third kappa shape index (κ3) is 7.11. The first kappa shape index (κ1) is 26.8. The van der Waals surface area contributed by atoms with Gasteiger partial charge in [0.1, 0.15) is 24.1 Å². The van der Waals surface area contributed by atoms with Crippen molar-refractivity contribution in [1.29, 1.82) is 5.26 Å². The second kappa shape index (κ2) is 12.8. The number of anilines is 1. The minimum atomic E-state index is -0.620. The summed E-state index contributed by atoms with van der Waals surface area (Å²) in [6, 6.07) is 15.8. The normalized spacial score (nSPS) is 10.9. The third-order valence-electron chi connectivity index (χ3n) is 4.98. The van der Waals surface area contributed by atoms with E-state index >= 15 is 0 Å². The summed E-state index contributed by atoms with van der Waals surface area (Å²) in [6.07, 6.45) is 3.62. The van der Waals surface area contributed by atoms with E-state index in [1.807, 2.05) is 13.0 Å². The summed E-state index contributed by atoms with van der Waals surface area (Å²) in [5, 5.41) is 13.2. The van der Waals surface area contributed by atoms with Gasteiger partial charge in [-0.25, -0.2) is 4.39 Å². The zero-order valence-corrected chi connectivity index (χ0v) is 21.0. The largest absolute Gasteiger partial charge is 0.490 e. The smallest absolute Gasteiger partial charge is 0.266 e. The van der Waals surface area contributed by atoms with E-state index in [4.69, 9.17) is 32.7 Å². The van der Waals surface area contributed by atoms with Crippen LogP contribution in [0, 0.1) is 17.1 Å². The maximum atomic E-state index is 13.1.